The lowest BCUT2D eigenvalue weighted by Crippen LogP contribution is -2.35. The minimum atomic E-state index is -0.280. The van der Waals surface area contributed by atoms with E-state index in [2.05, 4.69) is 33.1 Å². The van der Waals surface area contributed by atoms with E-state index in [-0.39, 0.29) is 12.2 Å². The second kappa shape index (κ2) is 9.15. The molecule has 3 rings (SSSR count). The Balaban J connectivity index is 1.59. The number of aromatic nitrogens is 1. The average Bonchev–Trinajstić information content (AvgIpc) is 2.72. The van der Waals surface area contributed by atoms with Crippen LogP contribution in [-0.4, -0.2) is 36.2 Å². The van der Waals surface area contributed by atoms with Crippen LogP contribution in [0.4, 0.5) is 4.79 Å². The molecule has 0 bridgehead atoms. The van der Waals surface area contributed by atoms with Crippen molar-refractivity contribution in [3.8, 4) is 0 Å². The quantitative estimate of drug-likeness (QED) is 0.670. The lowest BCUT2D eigenvalue weighted by atomic mass is 10.0. The fraction of sp³-hybridized carbons (Fsp3) is 0.333. The third kappa shape index (κ3) is 4.96. The summed E-state index contributed by atoms with van der Waals surface area (Å²) < 4.78 is 11.7. The molecule has 1 unspecified atom stereocenters. The molecule has 1 atom stereocenters. The Morgan fingerprint density at radius 3 is 2.74 bits per heavy atom. The van der Waals surface area contributed by atoms with E-state index in [1.54, 1.807) is 12.0 Å². The van der Waals surface area contributed by atoms with E-state index in [1.165, 1.54) is 5.57 Å². The van der Waals surface area contributed by atoms with Gasteiger partial charge in [-0.2, -0.15) is 0 Å². The van der Waals surface area contributed by atoms with Crippen LogP contribution in [0.5, 0.6) is 0 Å². The van der Waals surface area contributed by atoms with Crippen molar-refractivity contribution < 1.29 is 14.3 Å². The van der Waals surface area contributed by atoms with Crippen molar-refractivity contribution in [2.24, 2.45) is 0 Å². The molecule has 0 aliphatic carbocycles. The van der Waals surface area contributed by atoms with Gasteiger partial charge in [0.05, 0.1) is 11.8 Å². The molecule has 0 saturated heterocycles. The minimum Gasteiger partial charge on any atom is -0.445 e. The number of carbonyl (C=O) groups excluding carboxylic acids is 1. The Bertz CT molecular complexity index is 823. The van der Waals surface area contributed by atoms with Gasteiger partial charge >= 0.3 is 6.09 Å². The van der Waals surface area contributed by atoms with Gasteiger partial charge in [-0.1, -0.05) is 36.4 Å². The highest BCUT2D eigenvalue weighted by molar-refractivity contribution is 9.10. The molecule has 1 aromatic carbocycles. The number of ether oxygens (including phenoxy) is 2. The summed E-state index contributed by atoms with van der Waals surface area (Å²) in [6, 6.07) is 11.8. The normalized spacial score (nSPS) is 15.2. The summed E-state index contributed by atoms with van der Waals surface area (Å²) in [6.45, 7) is 3.43. The number of rotatable bonds is 5. The van der Waals surface area contributed by atoms with Gasteiger partial charge in [-0.25, -0.2) is 4.79 Å². The standard InChI is InChI=1S/C21H23BrN2O3/c1-15(26-2)20-19(22)12-18(13-23-20)17-8-10-24(11-9-17)21(25)27-14-16-6-4-3-5-7-16/h3-8,12-13,15H,9-11,14H2,1-2H3. The van der Waals surface area contributed by atoms with E-state index < -0.39 is 0 Å². The highest BCUT2D eigenvalue weighted by Crippen LogP contribution is 2.29. The molecule has 2 heterocycles. The molecule has 5 nitrogen and oxygen atoms in total. The number of pyridine rings is 1. The first-order chi connectivity index (χ1) is 13.1. The lowest BCUT2D eigenvalue weighted by Gasteiger charge is -2.26. The van der Waals surface area contributed by atoms with Crippen LogP contribution in [0, 0.1) is 0 Å². The SMILES string of the molecule is COC(C)c1ncc(C2=CCN(C(=O)OCc3ccccc3)CC2)cc1Br. The Labute approximate surface area is 168 Å². The molecule has 6 heteroatoms. The van der Waals surface area contributed by atoms with Crippen molar-refractivity contribution in [3.05, 3.63) is 70.0 Å². The molecule has 1 aliphatic rings. The summed E-state index contributed by atoms with van der Waals surface area (Å²) in [5.41, 5.74) is 4.11. The number of halogens is 1. The fourth-order valence-corrected chi connectivity index (χ4v) is 3.61. The van der Waals surface area contributed by atoms with Crippen molar-refractivity contribution in [2.75, 3.05) is 20.2 Å². The van der Waals surface area contributed by atoms with E-state index in [0.717, 1.165) is 27.7 Å². The van der Waals surface area contributed by atoms with Gasteiger partial charge in [-0.15, -0.1) is 0 Å². The minimum absolute atomic E-state index is 0.0661. The van der Waals surface area contributed by atoms with Gasteiger partial charge in [0.15, 0.2) is 0 Å². The molecular formula is C21H23BrN2O3. The first kappa shape index (κ1) is 19.6. The molecule has 2 aromatic rings. The van der Waals surface area contributed by atoms with Crippen LogP contribution < -0.4 is 0 Å². The van der Waals surface area contributed by atoms with Gasteiger partial charge < -0.3 is 14.4 Å². The molecule has 0 N–H and O–H groups in total. The smallest absolute Gasteiger partial charge is 0.410 e. The zero-order chi connectivity index (χ0) is 19.2. The van der Waals surface area contributed by atoms with E-state index >= 15 is 0 Å². The van der Waals surface area contributed by atoms with E-state index in [9.17, 15) is 4.79 Å². The second-order valence-electron chi connectivity index (χ2n) is 6.43. The van der Waals surface area contributed by atoms with Crippen LogP contribution in [-0.2, 0) is 16.1 Å². The van der Waals surface area contributed by atoms with Gasteiger partial charge in [0.2, 0.25) is 0 Å². The Hall–Kier alpha value is -2.18. The van der Waals surface area contributed by atoms with Gasteiger partial charge in [0.1, 0.15) is 6.61 Å². The van der Waals surface area contributed by atoms with Crippen LogP contribution >= 0.6 is 15.9 Å². The maximum Gasteiger partial charge on any atom is 0.410 e. The summed E-state index contributed by atoms with van der Waals surface area (Å²) in [7, 11) is 1.67. The summed E-state index contributed by atoms with van der Waals surface area (Å²) in [4.78, 5) is 18.5. The third-order valence-electron chi connectivity index (χ3n) is 4.65. The first-order valence-electron chi connectivity index (χ1n) is 8.91. The van der Waals surface area contributed by atoms with E-state index in [1.807, 2.05) is 43.5 Å². The summed E-state index contributed by atoms with van der Waals surface area (Å²) in [5.74, 6) is 0. The predicted molar refractivity (Wildman–Crippen MR) is 108 cm³/mol. The third-order valence-corrected chi connectivity index (χ3v) is 5.29. The second-order valence-corrected chi connectivity index (χ2v) is 7.29. The van der Waals surface area contributed by atoms with Gasteiger partial charge in [-0.05, 0) is 52.0 Å². The summed E-state index contributed by atoms with van der Waals surface area (Å²) in [5, 5.41) is 0. The Morgan fingerprint density at radius 1 is 1.33 bits per heavy atom. The van der Waals surface area contributed by atoms with Crippen LogP contribution in [0.3, 0.4) is 0 Å². The molecule has 0 fully saturated rings. The molecule has 0 saturated carbocycles. The van der Waals surface area contributed by atoms with Gasteiger partial charge in [0, 0.05) is 30.9 Å². The number of methoxy groups -OCH3 is 1. The molecule has 1 aromatic heterocycles. The van der Waals surface area contributed by atoms with E-state index in [4.69, 9.17) is 9.47 Å². The van der Waals surface area contributed by atoms with Crippen molar-refractivity contribution >= 4 is 27.6 Å². The van der Waals surface area contributed by atoms with Crippen LogP contribution in [0.15, 0.2) is 53.1 Å². The monoisotopic (exact) mass is 430 g/mol. The molecule has 142 valence electrons. The Kier molecular flexibility index (Phi) is 6.63. The maximum atomic E-state index is 12.3. The molecular weight excluding hydrogens is 408 g/mol. The number of hydrogen-bond donors (Lipinski definition) is 0. The topological polar surface area (TPSA) is 51.7 Å². The van der Waals surface area contributed by atoms with Crippen LogP contribution in [0.25, 0.3) is 5.57 Å². The zero-order valence-corrected chi connectivity index (χ0v) is 17.1. The largest absolute Gasteiger partial charge is 0.445 e. The summed E-state index contributed by atoms with van der Waals surface area (Å²) >= 11 is 3.58. The number of amides is 1. The highest BCUT2D eigenvalue weighted by Gasteiger charge is 2.20. The summed E-state index contributed by atoms with van der Waals surface area (Å²) in [6.07, 6.45) is 4.36. The predicted octanol–water partition coefficient (Wildman–Crippen LogP) is 4.98. The molecule has 1 aliphatic heterocycles. The zero-order valence-electron chi connectivity index (χ0n) is 15.5. The lowest BCUT2D eigenvalue weighted by molar-refractivity contribution is 0.0998. The molecule has 0 spiro atoms. The van der Waals surface area contributed by atoms with Crippen molar-refractivity contribution in [3.63, 3.8) is 0 Å². The number of hydrogen-bond acceptors (Lipinski definition) is 4. The van der Waals surface area contributed by atoms with E-state index in [0.29, 0.717) is 19.7 Å². The van der Waals surface area contributed by atoms with Crippen molar-refractivity contribution in [2.45, 2.75) is 26.1 Å². The van der Waals surface area contributed by atoms with Crippen LogP contribution in [0.2, 0.25) is 0 Å². The van der Waals surface area contributed by atoms with Gasteiger partial charge in [-0.3, -0.25) is 4.98 Å². The van der Waals surface area contributed by atoms with Gasteiger partial charge in [0.25, 0.3) is 0 Å². The van der Waals surface area contributed by atoms with Crippen molar-refractivity contribution in [1.82, 2.24) is 9.88 Å². The number of nitrogens with zero attached hydrogens (tertiary/aromatic N) is 2. The highest BCUT2D eigenvalue weighted by atomic mass is 79.9. The Morgan fingerprint density at radius 2 is 2.11 bits per heavy atom. The first-order valence-corrected chi connectivity index (χ1v) is 9.71. The average molecular weight is 431 g/mol. The molecule has 27 heavy (non-hydrogen) atoms. The molecule has 0 radical (unpaired) electrons. The fourth-order valence-electron chi connectivity index (χ4n) is 2.94. The number of carbonyl (C=O) groups is 1. The molecule has 1 amide bonds. The van der Waals surface area contributed by atoms with Crippen molar-refractivity contribution in [1.29, 1.82) is 0 Å². The number of benzene rings is 1. The maximum absolute atomic E-state index is 12.3. The van der Waals surface area contributed by atoms with Crippen LogP contribution in [0.1, 0.15) is 36.3 Å².